The Labute approximate surface area is 348 Å². The molecule has 3 aliphatic rings. The number of carbonyl (C=O) groups excluding carboxylic acids is 2. The van der Waals surface area contributed by atoms with Crippen LogP contribution in [-0.2, 0) is 24.2 Å². The third kappa shape index (κ3) is 8.51. The van der Waals surface area contributed by atoms with E-state index in [1.807, 2.05) is 97.2 Å². The van der Waals surface area contributed by atoms with Crippen molar-refractivity contribution in [3.05, 3.63) is 184 Å². The summed E-state index contributed by atoms with van der Waals surface area (Å²) in [6.45, 7) is 0.450. The van der Waals surface area contributed by atoms with Gasteiger partial charge in [0.2, 0.25) is 0 Å². The van der Waals surface area contributed by atoms with E-state index < -0.39 is 11.9 Å². The monoisotopic (exact) mass is 798 g/mol. The molecule has 0 radical (unpaired) electrons. The fourth-order valence-corrected chi connectivity index (χ4v) is 8.70. The zero-order valence-electron chi connectivity index (χ0n) is 32.3. The second-order valence-electron chi connectivity index (χ2n) is 15.0. The second kappa shape index (κ2) is 17.5. The molecular weight excluding hydrogens is 756 g/mol. The molecule has 294 valence electrons. The first-order valence-corrected chi connectivity index (χ1v) is 20.2. The molecule has 9 rings (SSSR count). The van der Waals surface area contributed by atoms with E-state index in [1.165, 1.54) is 0 Å². The predicted molar refractivity (Wildman–Crippen MR) is 237 cm³/mol. The molecule has 6 aromatic carbocycles. The summed E-state index contributed by atoms with van der Waals surface area (Å²) < 4.78 is 0. The Bertz CT molecular complexity index is 2620. The highest BCUT2D eigenvalue weighted by molar-refractivity contribution is 6.30. The van der Waals surface area contributed by atoms with Crippen LogP contribution in [0, 0.1) is 0 Å². The Balaban J connectivity index is 0.000000378. The number of Topliss-reactive ketones (excluding diaryl/α,β-unsaturated/α-hetero) is 1. The summed E-state index contributed by atoms with van der Waals surface area (Å²) in [6.07, 6.45) is 8.62. The molecule has 9 heteroatoms. The first-order valence-electron chi connectivity index (χ1n) is 19.8. The summed E-state index contributed by atoms with van der Waals surface area (Å²) in [5, 5.41) is 16.3. The Hall–Kier alpha value is -6.61. The van der Waals surface area contributed by atoms with Gasteiger partial charge in [0.05, 0.1) is 23.7 Å². The number of hydrogen-bond acceptors (Lipinski definition) is 6. The van der Waals surface area contributed by atoms with Gasteiger partial charge in [-0.15, -0.1) is 0 Å². The molecule has 1 heterocycles. The minimum absolute atomic E-state index is 0.0141. The van der Waals surface area contributed by atoms with E-state index in [2.05, 4.69) is 27.8 Å². The molecule has 0 bridgehead atoms. The third-order valence-corrected chi connectivity index (χ3v) is 11.6. The largest absolute Gasteiger partial charge is 0.481 e. The minimum Gasteiger partial charge on any atom is -0.481 e. The quantitative estimate of drug-likeness (QED) is 0.113. The van der Waals surface area contributed by atoms with Gasteiger partial charge in [-0.2, -0.15) is 0 Å². The van der Waals surface area contributed by atoms with Crippen LogP contribution in [0.1, 0.15) is 79.6 Å². The molecular formula is C50H43ClN4O4. The first-order chi connectivity index (χ1) is 28.8. The number of carboxylic acids is 1. The summed E-state index contributed by atoms with van der Waals surface area (Å²) >= 11 is 6.41. The second-order valence-corrected chi connectivity index (χ2v) is 15.4. The molecule has 0 saturated carbocycles. The Kier molecular flexibility index (Phi) is 11.6. The van der Waals surface area contributed by atoms with Crippen molar-refractivity contribution < 1.29 is 19.5 Å². The lowest BCUT2D eigenvalue weighted by Crippen LogP contribution is -2.25. The molecule has 5 N–H and O–H groups in total. The molecule has 59 heavy (non-hydrogen) atoms. The number of benzene rings is 6. The van der Waals surface area contributed by atoms with Gasteiger partial charge in [0, 0.05) is 40.8 Å². The van der Waals surface area contributed by atoms with Crippen molar-refractivity contribution in [2.45, 2.75) is 50.5 Å². The summed E-state index contributed by atoms with van der Waals surface area (Å²) in [7, 11) is 0. The highest BCUT2D eigenvalue weighted by Crippen LogP contribution is 2.48. The van der Waals surface area contributed by atoms with E-state index in [0.717, 1.165) is 80.7 Å². The molecule has 0 aromatic heterocycles. The number of fused-ring (bicyclic) bond motifs is 6. The molecule has 8 nitrogen and oxygen atoms in total. The van der Waals surface area contributed by atoms with Crippen molar-refractivity contribution in [1.82, 2.24) is 0 Å². The molecule has 2 unspecified atom stereocenters. The van der Waals surface area contributed by atoms with Crippen LogP contribution in [0.3, 0.4) is 0 Å². The average Bonchev–Trinajstić information content (AvgIpc) is 3.52. The van der Waals surface area contributed by atoms with Crippen LogP contribution >= 0.6 is 11.6 Å². The van der Waals surface area contributed by atoms with Crippen molar-refractivity contribution in [3.8, 4) is 22.3 Å². The molecule has 0 spiro atoms. The number of hydrogen-bond donors (Lipinski definition) is 4. The number of rotatable bonds is 8. The average molecular weight is 799 g/mol. The smallest absolute Gasteiger partial charge is 0.303 e. The van der Waals surface area contributed by atoms with Gasteiger partial charge >= 0.3 is 5.97 Å². The number of nitrogens with one attached hydrogen (secondary N) is 2. The van der Waals surface area contributed by atoms with E-state index in [-0.39, 0.29) is 24.0 Å². The topological polar surface area (TPSA) is 134 Å². The fourth-order valence-electron chi connectivity index (χ4n) is 8.50. The standard InChI is InChI=1S/C41H35ClN2O4.C9H8N2/c42-29-14-17-33-28(20-29)21-37(39-34-7-3-4-27(22-38(45)46)32(34)18-19-35(33)39)40(47)26-12-15-30(16-13-26)44-41(48)36-6-2-1-5-31(36)25-10-8-24(23-43)9-11-25;1-2-5-9-8(4-1)10-6-3-7-11-9/h1-2,5-6,8-20,27,37H,3-4,7,21-23,43H2,(H,44,48)(H,45,46);1-7,10H. The van der Waals surface area contributed by atoms with Gasteiger partial charge in [0.1, 0.15) is 0 Å². The van der Waals surface area contributed by atoms with Crippen LogP contribution in [0.5, 0.6) is 0 Å². The Morgan fingerprint density at radius 1 is 0.847 bits per heavy atom. The third-order valence-electron chi connectivity index (χ3n) is 11.3. The molecule has 2 atom stereocenters. The van der Waals surface area contributed by atoms with Crippen molar-refractivity contribution in [3.63, 3.8) is 0 Å². The van der Waals surface area contributed by atoms with E-state index >= 15 is 0 Å². The maximum absolute atomic E-state index is 14.4. The Morgan fingerprint density at radius 3 is 2.41 bits per heavy atom. The van der Waals surface area contributed by atoms with Gasteiger partial charge in [0.15, 0.2) is 5.78 Å². The molecule has 6 aromatic rings. The van der Waals surface area contributed by atoms with E-state index in [1.54, 1.807) is 36.5 Å². The van der Waals surface area contributed by atoms with E-state index in [4.69, 9.17) is 17.3 Å². The van der Waals surface area contributed by atoms with Gasteiger partial charge in [-0.3, -0.25) is 19.4 Å². The molecule has 2 aliphatic carbocycles. The lowest BCUT2D eigenvalue weighted by atomic mass is 9.69. The SMILES string of the molecule is C1=CNc2ccccc2N=C1.NCc1ccc(-c2ccccc2C(=O)Nc2ccc(C(=O)C3Cc4cc(Cl)ccc4-c4ccc5c(c43)CCCC5CC(=O)O)cc2)cc1. The maximum Gasteiger partial charge on any atom is 0.303 e. The van der Waals surface area contributed by atoms with Gasteiger partial charge in [-0.25, -0.2) is 0 Å². The molecule has 0 fully saturated rings. The number of amides is 1. The van der Waals surface area contributed by atoms with Crippen molar-refractivity contribution in [2.24, 2.45) is 10.7 Å². The highest BCUT2D eigenvalue weighted by Gasteiger charge is 2.36. The number of aliphatic carboxylic acids is 1. The van der Waals surface area contributed by atoms with Crippen molar-refractivity contribution in [2.75, 3.05) is 10.6 Å². The van der Waals surface area contributed by atoms with Crippen LogP contribution in [0.2, 0.25) is 5.02 Å². The number of aliphatic imine (C=N–C) groups is 1. The van der Waals surface area contributed by atoms with Gasteiger partial charge in [-0.1, -0.05) is 84.4 Å². The van der Waals surface area contributed by atoms with Crippen molar-refractivity contribution in [1.29, 1.82) is 0 Å². The maximum atomic E-state index is 14.4. The van der Waals surface area contributed by atoms with Crippen LogP contribution < -0.4 is 16.4 Å². The molecule has 1 aliphatic heterocycles. The predicted octanol–water partition coefficient (Wildman–Crippen LogP) is 11.1. The number of nitrogens with two attached hydrogens (primary N) is 1. The summed E-state index contributed by atoms with van der Waals surface area (Å²) in [5.41, 5.74) is 18.5. The van der Waals surface area contributed by atoms with Crippen LogP contribution in [-0.4, -0.2) is 29.0 Å². The summed E-state index contributed by atoms with van der Waals surface area (Å²) in [4.78, 5) is 43.8. The number of carboxylic acid groups (broad SMARTS) is 1. The van der Waals surface area contributed by atoms with E-state index in [9.17, 15) is 19.5 Å². The normalized spacial score (nSPS) is 15.8. The first kappa shape index (κ1) is 39.2. The number of allylic oxidation sites excluding steroid dienone is 1. The highest BCUT2D eigenvalue weighted by atomic mass is 35.5. The molecule has 0 saturated heterocycles. The minimum atomic E-state index is -0.810. The number of carbonyl (C=O) groups is 3. The summed E-state index contributed by atoms with van der Waals surface area (Å²) in [5.74, 6) is -1.58. The number of ketones is 1. The lowest BCUT2D eigenvalue weighted by Gasteiger charge is -2.34. The van der Waals surface area contributed by atoms with Crippen molar-refractivity contribution >= 4 is 52.5 Å². The lowest BCUT2D eigenvalue weighted by molar-refractivity contribution is -0.137. The van der Waals surface area contributed by atoms with Crippen LogP contribution in [0.25, 0.3) is 22.3 Å². The number of anilines is 2. The van der Waals surface area contributed by atoms with Gasteiger partial charge in [0.25, 0.3) is 5.91 Å². The zero-order valence-corrected chi connectivity index (χ0v) is 33.1. The van der Waals surface area contributed by atoms with Crippen LogP contribution in [0.4, 0.5) is 17.1 Å². The number of para-hydroxylation sites is 2. The fraction of sp³-hybridized carbons (Fsp3) is 0.160. The number of halogens is 1. The zero-order chi connectivity index (χ0) is 40.9. The Morgan fingerprint density at radius 2 is 1.61 bits per heavy atom. The van der Waals surface area contributed by atoms with Crippen LogP contribution in [0.15, 0.2) is 145 Å². The van der Waals surface area contributed by atoms with Gasteiger partial charge < -0.3 is 21.5 Å². The number of nitrogens with zero attached hydrogens (tertiary/aromatic N) is 1. The molecule has 1 amide bonds. The van der Waals surface area contributed by atoms with Gasteiger partial charge in [-0.05, 0) is 142 Å². The summed E-state index contributed by atoms with van der Waals surface area (Å²) in [6, 6.07) is 40.3. The van der Waals surface area contributed by atoms with E-state index in [0.29, 0.717) is 34.8 Å².